The Morgan fingerprint density at radius 2 is 1.46 bits per heavy atom. The van der Waals surface area contributed by atoms with Crippen LogP contribution in [0.1, 0.15) is 88.1 Å². The van der Waals surface area contributed by atoms with Gasteiger partial charge in [0.25, 0.3) is 0 Å². The number of aliphatic hydroxyl groups is 1. The Morgan fingerprint density at radius 3 is 2.05 bits per heavy atom. The molecule has 330 valence electrons. The minimum absolute atomic E-state index is 0.0163. The van der Waals surface area contributed by atoms with Gasteiger partial charge < -0.3 is 52.2 Å². The maximum absolute atomic E-state index is 14.3. The molecule has 3 unspecified atom stereocenters. The number of rotatable bonds is 8. The van der Waals surface area contributed by atoms with Crippen LogP contribution in [0.25, 0.3) is 0 Å². The molecule has 0 amide bonds. The number of nitrogens with zero attached hydrogens (tertiary/aromatic N) is 1. The second-order valence-corrected chi connectivity index (χ2v) is 16.1. The molecule has 2 aromatic heterocycles. The molecule has 2 aromatic rings. The number of aromatic nitrogens is 1. The van der Waals surface area contributed by atoms with E-state index in [4.69, 9.17) is 47.0 Å². The van der Waals surface area contributed by atoms with E-state index in [0.29, 0.717) is 5.56 Å². The number of esters is 8. The Kier molecular flexibility index (Phi) is 12.1. The number of carbonyl (C=O) groups is 8. The number of aryl methyl sites for hydroxylation is 1. The fourth-order valence-corrected chi connectivity index (χ4v) is 9.56. The quantitative estimate of drug-likeness (QED) is 0.293. The summed E-state index contributed by atoms with van der Waals surface area (Å²) in [6.07, 6.45) is -7.21. The molecule has 0 aromatic carbocycles. The van der Waals surface area contributed by atoms with Crippen LogP contribution in [0.2, 0.25) is 0 Å². The zero-order valence-electron chi connectivity index (χ0n) is 34.7. The predicted octanol–water partition coefficient (Wildman–Crippen LogP) is 1.75. The van der Waals surface area contributed by atoms with Gasteiger partial charge in [0, 0.05) is 47.0 Å². The first kappa shape index (κ1) is 44.7. The Bertz CT molecular complexity index is 2100. The lowest BCUT2D eigenvalue weighted by Gasteiger charge is -2.67. The number of cyclic esters (lactones) is 1. The zero-order valence-corrected chi connectivity index (χ0v) is 34.7. The molecule has 4 bridgehead atoms. The van der Waals surface area contributed by atoms with Gasteiger partial charge in [0.2, 0.25) is 0 Å². The lowest BCUT2D eigenvalue weighted by Crippen LogP contribution is -2.89. The number of hydrogen-bond donors (Lipinski definition) is 1. The van der Waals surface area contributed by atoms with E-state index in [1.165, 1.54) is 32.3 Å². The van der Waals surface area contributed by atoms with E-state index >= 15 is 0 Å². The van der Waals surface area contributed by atoms with Gasteiger partial charge in [0.15, 0.2) is 30.0 Å². The van der Waals surface area contributed by atoms with Crippen molar-refractivity contribution in [2.24, 2.45) is 17.3 Å². The van der Waals surface area contributed by atoms with Crippen molar-refractivity contribution in [1.82, 2.24) is 4.98 Å². The molecule has 4 heterocycles. The van der Waals surface area contributed by atoms with Crippen molar-refractivity contribution in [2.45, 2.75) is 122 Å². The molecule has 4 aliphatic rings. The van der Waals surface area contributed by atoms with E-state index < -0.39 is 132 Å². The van der Waals surface area contributed by atoms with Gasteiger partial charge in [-0.25, -0.2) is 9.59 Å². The van der Waals surface area contributed by atoms with Crippen LogP contribution in [-0.4, -0.2) is 124 Å². The first-order valence-electron chi connectivity index (χ1n) is 19.4. The van der Waals surface area contributed by atoms with Gasteiger partial charge in [0.1, 0.15) is 48.3 Å². The van der Waals surface area contributed by atoms with E-state index in [0.717, 1.165) is 54.1 Å². The molecule has 20 heteroatoms. The van der Waals surface area contributed by atoms with Gasteiger partial charge in [-0.1, -0.05) is 6.92 Å². The van der Waals surface area contributed by atoms with Crippen molar-refractivity contribution in [3.63, 3.8) is 0 Å². The first-order valence-corrected chi connectivity index (χ1v) is 19.4. The van der Waals surface area contributed by atoms with Crippen LogP contribution in [0.3, 0.4) is 0 Å². The Hall–Kier alpha value is -5.89. The second kappa shape index (κ2) is 16.5. The van der Waals surface area contributed by atoms with Crippen molar-refractivity contribution in [3.05, 3.63) is 53.7 Å². The third kappa shape index (κ3) is 7.59. The van der Waals surface area contributed by atoms with Gasteiger partial charge >= 0.3 is 47.8 Å². The van der Waals surface area contributed by atoms with Gasteiger partial charge in [-0.3, -0.25) is 33.8 Å². The second-order valence-electron chi connectivity index (χ2n) is 16.1. The van der Waals surface area contributed by atoms with Crippen LogP contribution in [-0.2, 0) is 77.8 Å². The lowest BCUT2D eigenvalue weighted by atomic mass is 9.45. The third-order valence-electron chi connectivity index (χ3n) is 11.9. The van der Waals surface area contributed by atoms with E-state index in [-0.39, 0.29) is 24.0 Å². The molecule has 3 fully saturated rings. The monoisotopic (exact) mass is 857 g/mol. The highest BCUT2D eigenvalue weighted by Gasteiger charge is 2.92. The molecular weight excluding hydrogens is 810 g/mol. The highest BCUT2D eigenvalue weighted by atomic mass is 16.7. The largest absolute Gasteiger partial charge is 0.472 e. The number of pyridine rings is 1. The molecular formula is C41H47NO19. The summed E-state index contributed by atoms with van der Waals surface area (Å²) in [6.45, 7) is 7.06. The molecule has 2 aliphatic carbocycles. The summed E-state index contributed by atoms with van der Waals surface area (Å²) in [7, 11) is 0. The summed E-state index contributed by atoms with van der Waals surface area (Å²) in [4.78, 5) is 113. The SMILES string of the molecule is CC(=O)OC[C@]12[C@H](OC(C)=O)C(OC(C)=O)C3[C@@H](OC(C)=O)[C@@]14O[C@@]3(C)COC(=O)c1cnccc1CCC(C)C(=O)O[C@@H]([C@H](OC(=O)c1ccoc1)[C@@H]2OC(C)=O)[C@]4(C)O. The zero-order chi connectivity index (χ0) is 44.8. The highest BCUT2D eigenvalue weighted by Crippen LogP contribution is 2.70. The first-order chi connectivity index (χ1) is 28.6. The molecule has 20 nitrogen and oxygen atoms in total. The Morgan fingerprint density at radius 1 is 0.836 bits per heavy atom. The fourth-order valence-electron chi connectivity index (χ4n) is 9.56. The van der Waals surface area contributed by atoms with Gasteiger partial charge in [0.05, 0.1) is 29.2 Å². The van der Waals surface area contributed by atoms with Crippen LogP contribution in [0.4, 0.5) is 0 Å². The molecule has 61 heavy (non-hydrogen) atoms. The standard InChI is InChI=1S/C41H47NO19/c1-19-9-10-25-11-13-42-15-27(25)37(50)54-17-38(7)28-29(55-21(3)44)33(57-23(5)46)40(18-53-20(2)43)34(58-24(6)47)30(59-36(49)26-12-14-52-16-26)32(60-35(19)48)39(8,51)41(40,61-38)31(28)56-22(4)45/h11-16,19,28-34,51H,9-10,17-18H2,1-8H3/t19?,28?,29?,30-,31+,32-,33+,34-,38-,39-,40+,41-/m0/s1. The van der Waals surface area contributed by atoms with E-state index in [9.17, 15) is 43.5 Å². The highest BCUT2D eigenvalue weighted by molar-refractivity contribution is 5.91. The number of fused-ring (bicyclic) bond motifs is 5. The van der Waals surface area contributed by atoms with Crippen molar-refractivity contribution < 1.29 is 90.5 Å². The fraction of sp³-hybridized carbons (Fsp3) is 0.585. The molecule has 0 radical (unpaired) electrons. The van der Waals surface area contributed by atoms with Crippen LogP contribution >= 0.6 is 0 Å². The van der Waals surface area contributed by atoms with Crippen LogP contribution in [0, 0.1) is 17.3 Å². The third-order valence-corrected chi connectivity index (χ3v) is 11.9. The lowest BCUT2D eigenvalue weighted by molar-refractivity contribution is -0.386. The molecule has 1 spiro atoms. The molecule has 12 atom stereocenters. The number of hydrogen-bond acceptors (Lipinski definition) is 20. The number of carbonyl (C=O) groups excluding carboxylic acids is 8. The molecule has 2 aliphatic heterocycles. The molecule has 1 N–H and O–H groups in total. The average molecular weight is 858 g/mol. The van der Waals surface area contributed by atoms with Gasteiger partial charge in [-0.05, 0) is 44.4 Å². The summed E-state index contributed by atoms with van der Waals surface area (Å²) in [6, 6.07) is 2.78. The van der Waals surface area contributed by atoms with E-state index in [1.54, 1.807) is 6.07 Å². The van der Waals surface area contributed by atoms with Crippen LogP contribution in [0.15, 0.2) is 41.5 Å². The minimum atomic E-state index is -2.87. The number of furan rings is 1. The smallest absolute Gasteiger partial charge is 0.341 e. The molecule has 2 saturated carbocycles. The van der Waals surface area contributed by atoms with Crippen LogP contribution < -0.4 is 0 Å². The van der Waals surface area contributed by atoms with Gasteiger partial charge in [-0.15, -0.1) is 0 Å². The summed E-state index contributed by atoms with van der Waals surface area (Å²) in [5, 5.41) is 13.6. The van der Waals surface area contributed by atoms with Gasteiger partial charge in [-0.2, -0.15) is 0 Å². The van der Waals surface area contributed by atoms with E-state index in [1.807, 2.05) is 0 Å². The number of ether oxygens (including phenoxy) is 9. The van der Waals surface area contributed by atoms with Crippen molar-refractivity contribution in [2.75, 3.05) is 13.2 Å². The predicted molar refractivity (Wildman–Crippen MR) is 197 cm³/mol. The van der Waals surface area contributed by atoms with Crippen molar-refractivity contribution >= 4 is 47.8 Å². The average Bonchev–Trinajstić information content (AvgIpc) is 3.79. The normalized spacial score (nSPS) is 35.4. The Balaban J connectivity index is 1.77. The summed E-state index contributed by atoms with van der Waals surface area (Å²) >= 11 is 0. The summed E-state index contributed by atoms with van der Waals surface area (Å²) in [5.74, 6) is -10.8. The summed E-state index contributed by atoms with van der Waals surface area (Å²) in [5.41, 5.74) is -10.1. The van der Waals surface area contributed by atoms with Crippen molar-refractivity contribution in [1.29, 1.82) is 0 Å². The van der Waals surface area contributed by atoms with Crippen molar-refractivity contribution in [3.8, 4) is 0 Å². The maximum atomic E-state index is 14.3. The summed E-state index contributed by atoms with van der Waals surface area (Å²) < 4.78 is 60.1. The minimum Gasteiger partial charge on any atom is -0.472 e. The Labute approximate surface area is 348 Å². The molecule has 6 rings (SSSR count). The maximum Gasteiger partial charge on any atom is 0.341 e. The van der Waals surface area contributed by atoms with E-state index in [2.05, 4.69) is 4.98 Å². The molecule has 1 saturated heterocycles. The topological polar surface area (TPSA) is 266 Å². The van der Waals surface area contributed by atoms with Crippen LogP contribution in [0.5, 0.6) is 0 Å².